The van der Waals surface area contributed by atoms with E-state index < -0.39 is 0 Å². The van der Waals surface area contributed by atoms with Gasteiger partial charge in [-0.2, -0.15) is 0 Å². The molecule has 27 heavy (non-hydrogen) atoms. The molecule has 6 nitrogen and oxygen atoms in total. The Kier molecular flexibility index (Phi) is 4.43. The summed E-state index contributed by atoms with van der Waals surface area (Å²) in [4.78, 5) is 21.4. The number of hydrogen-bond acceptors (Lipinski definition) is 6. The van der Waals surface area contributed by atoms with Crippen molar-refractivity contribution in [2.24, 2.45) is 0 Å². The van der Waals surface area contributed by atoms with E-state index in [0.29, 0.717) is 33.0 Å². The Labute approximate surface area is 159 Å². The lowest BCUT2D eigenvalue weighted by atomic mass is 10.2. The monoisotopic (exact) mass is 376 g/mol. The van der Waals surface area contributed by atoms with Crippen molar-refractivity contribution in [1.82, 2.24) is 9.97 Å². The van der Waals surface area contributed by atoms with E-state index >= 15 is 0 Å². The van der Waals surface area contributed by atoms with Crippen LogP contribution in [0.1, 0.15) is 15.9 Å². The van der Waals surface area contributed by atoms with Crippen LogP contribution in [0.2, 0.25) is 0 Å². The molecule has 0 unspecified atom stereocenters. The summed E-state index contributed by atoms with van der Waals surface area (Å²) in [5.41, 5.74) is 8.19. The maximum atomic E-state index is 12.6. The quantitative estimate of drug-likeness (QED) is 0.542. The molecule has 0 atom stereocenters. The molecule has 7 heteroatoms. The second kappa shape index (κ2) is 7.05. The zero-order valence-corrected chi connectivity index (χ0v) is 15.3. The third-order valence-electron chi connectivity index (χ3n) is 4.01. The molecule has 4 aromatic rings. The number of nitrogens with one attached hydrogen (secondary N) is 1. The van der Waals surface area contributed by atoms with Gasteiger partial charge in [0.05, 0.1) is 10.9 Å². The van der Waals surface area contributed by atoms with Gasteiger partial charge in [0, 0.05) is 11.1 Å². The first kappa shape index (κ1) is 17.0. The van der Waals surface area contributed by atoms with Gasteiger partial charge in [-0.3, -0.25) is 4.79 Å². The number of aromatic nitrogens is 2. The lowest BCUT2D eigenvalue weighted by Crippen LogP contribution is -2.11. The first-order valence-electron chi connectivity index (χ1n) is 8.24. The fourth-order valence-electron chi connectivity index (χ4n) is 2.61. The number of benzene rings is 2. The molecule has 2 heterocycles. The molecule has 3 N–H and O–H groups in total. The maximum absolute atomic E-state index is 12.6. The second-order valence-corrected chi connectivity index (χ2v) is 6.84. The summed E-state index contributed by atoms with van der Waals surface area (Å²) >= 11 is 1.36. The smallest absolute Gasteiger partial charge is 0.257 e. The molecule has 0 bridgehead atoms. The number of ether oxygens (including phenoxy) is 1. The van der Waals surface area contributed by atoms with Gasteiger partial charge in [-0.05, 0) is 43.3 Å². The predicted octanol–water partition coefficient (Wildman–Crippen LogP) is 4.63. The van der Waals surface area contributed by atoms with Crippen LogP contribution in [0.3, 0.4) is 0 Å². The van der Waals surface area contributed by atoms with Gasteiger partial charge < -0.3 is 15.8 Å². The number of nitrogens with zero attached hydrogens (tertiary/aromatic N) is 2. The first-order chi connectivity index (χ1) is 13.1. The number of fused-ring (bicyclic) bond motifs is 1. The van der Waals surface area contributed by atoms with Gasteiger partial charge in [0.15, 0.2) is 0 Å². The van der Waals surface area contributed by atoms with E-state index in [-0.39, 0.29) is 5.91 Å². The van der Waals surface area contributed by atoms with Crippen LogP contribution in [0.15, 0.2) is 60.2 Å². The minimum atomic E-state index is -0.255. The fourth-order valence-corrected chi connectivity index (χ4v) is 3.51. The summed E-state index contributed by atoms with van der Waals surface area (Å²) in [6.45, 7) is 2.03. The van der Waals surface area contributed by atoms with Crippen LogP contribution in [-0.4, -0.2) is 15.9 Å². The van der Waals surface area contributed by atoms with E-state index in [1.165, 1.54) is 23.2 Å². The van der Waals surface area contributed by atoms with Crippen LogP contribution in [0.25, 0.3) is 10.2 Å². The Morgan fingerprint density at radius 3 is 2.41 bits per heavy atom. The van der Waals surface area contributed by atoms with Crippen LogP contribution in [0, 0.1) is 6.92 Å². The molecule has 0 saturated heterocycles. The first-order valence-corrected chi connectivity index (χ1v) is 9.12. The Morgan fingerprint density at radius 2 is 1.70 bits per heavy atom. The zero-order valence-electron chi connectivity index (χ0n) is 14.5. The topological polar surface area (TPSA) is 90.1 Å². The molecule has 0 spiro atoms. The van der Waals surface area contributed by atoms with Crippen molar-refractivity contribution in [2.75, 3.05) is 11.1 Å². The summed E-state index contributed by atoms with van der Waals surface area (Å²) in [5.74, 6) is 1.50. The number of nitrogens with two attached hydrogens (primary N) is 1. The molecule has 2 aromatic heterocycles. The van der Waals surface area contributed by atoms with E-state index in [2.05, 4.69) is 15.3 Å². The average Bonchev–Trinajstić information content (AvgIpc) is 3.11. The highest BCUT2D eigenvalue weighted by molar-refractivity contribution is 7.17. The molecule has 0 aliphatic heterocycles. The van der Waals surface area contributed by atoms with Crippen LogP contribution >= 0.6 is 11.3 Å². The SMILES string of the molecule is Cc1ccc(Oc2ccc(NC(=O)c3csc4ncnc(N)c34)cc2)cc1. The van der Waals surface area contributed by atoms with Crippen LogP contribution in [-0.2, 0) is 0 Å². The molecule has 4 rings (SSSR count). The van der Waals surface area contributed by atoms with E-state index in [1.807, 2.05) is 31.2 Å². The number of nitrogen functional groups attached to an aromatic ring is 1. The molecule has 0 radical (unpaired) electrons. The highest BCUT2D eigenvalue weighted by atomic mass is 32.1. The molecule has 0 aliphatic rings. The van der Waals surface area contributed by atoms with E-state index in [1.54, 1.807) is 29.6 Å². The summed E-state index contributed by atoms with van der Waals surface area (Å²) in [7, 11) is 0. The second-order valence-electron chi connectivity index (χ2n) is 5.98. The van der Waals surface area contributed by atoms with Crippen LogP contribution < -0.4 is 15.8 Å². The number of aryl methyl sites for hydroxylation is 1. The van der Waals surface area contributed by atoms with E-state index in [0.717, 1.165) is 5.75 Å². The summed E-state index contributed by atoms with van der Waals surface area (Å²) in [6, 6.07) is 15.0. The summed E-state index contributed by atoms with van der Waals surface area (Å²) < 4.78 is 5.79. The largest absolute Gasteiger partial charge is 0.457 e. The number of hydrogen-bond donors (Lipinski definition) is 2. The van der Waals surface area contributed by atoms with Crippen molar-refractivity contribution < 1.29 is 9.53 Å². The highest BCUT2D eigenvalue weighted by Crippen LogP contribution is 2.29. The Morgan fingerprint density at radius 1 is 1.04 bits per heavy atom. The molecule has 0 aliphatic carbocycles. The minimum Gasteiger partial charge on any atom is -0.457 e. The minimum absolute atomic E-state index is 0.255. The van der Waals surface area contributed by atoms with E-state index in [4.69, 9.17) is 10.5 Å². The Hall–Kier alpha value is -3.45. The van der Waals surface area contributed by atoms with Crippen LogP contribution in [0.5, 0.6) is 11.5 Å². The number of carbonyl (C=O) groups excluding carboxylic acids is 1. The third-order valence-corrected chi connectivity index (χ3v) is 4.90. The molecule has 134 valence electrons. The number of anilines is 2. The molecular weight excluding hydrogens is 360 g/mol. The van der Waals surface area contributed by atoms with Crippen molar-refractivity contribution in [3.8, 4) is 11.5 Å². The lowest BCUT2D eigenvalue weighted by molar-refractivity contribution is 0.102. The number of carbonyl (C=O) groups is 1. The van der Waals surface area contributed by atoms with Crippen molar-refractivity contribution in [3.05, 3.63) is 71.4 Å². The highest BCUT2D eigenvalue weighted by Gasteiger charge is 2.16. The fraction of sp³-hybridized carbons (Fsp3) is 0.0500. The van der Waals surface area contributed by atoms with Crippen molar-refractivity contribution in [3.63, 3.8) is 0 Å². The Bertz CT molecular complexity index is 1110. The molecule has 0 saturated carbocycles. The number of thiophene rings is 1. The standard InChI is InChI=1S/C20H16N4O2S/c1-12-2-6-14(7-3-12)26-15-8-4-13(5-9-15)24-19(25)16-10-27-20-17(16)18(21)22-11-23-20/h2-11H,1H3,(H,24,25)(H2,21,22,23). The predicted molar refractivity (Wildman–Crippen MR) is 107 cm³/mol. The van der Waals surface area contributed by atoms with Gasteiger partial charge in [0.2, 0.25) is 0 Å². The van der Waals surface area contributed by atoms with Crippen molar-refractivity contribution in [2.45, 2.75) is 6.92 Å². The summed E-state index contributed by atoms with van der Waals surface area (Å²) in [5, 5.41) is 5.18. The van der Waals surface area contributed by atoms with Gasteiger partial charge >= 0.3 is 0 Å². The van der Waals surface area contributed by atoms with Crippen molar-refractivity contribution >= 4 is 39.0 Å². The van der Waals surface area contributed by atoms with E-state index in [9.17, 15) is 4.79 Å². The van der Waals surface area contributed by atoms with Gasteiger partial charge in [-0.25, -0.2) is 9.97 Å². The average molecular weight is 376 g/mol. The molecular formula is C20H16N4O2S. The third kappa shape index (κ3) is 3.58. The zero-order chi connectivity index (χ0) is 18.8. The van der Waals surface area contributed by atoms with Gasteiger partial charge in [-0.15, -0.1) is 11.3 Å². The lowest BCUT2D eigenvalue weighted by Gasteiger charge is -2.08. The molecule has 1 amide bonds. The van der Waals surface area contributed by atoms with Crippen LogP contribution in [0.4, 0.5) is 11.5 Å². The van der Waals surface area contributed by atoms with Gasteiger partial charge in [0.1, 0.15) is 28.5 Å². The molecule has 0 fully saturated rings. The summed E-state index contributed by atoms with van der Waals surface area (Å²) in [6.07, 6.45) is 1.39. The molecule has 2 aromatic carbocycles. The number of rotatable bonds is 4. The van der Waals surface area contributed by atoms with Crippen molar-refractivity contribution in [1.29, 1.82) is 0 Å². The Balaban J connectivity index is 1.49. The van der Waals surface area contributed by atoms with Gasteiger partial charge in [0.25, 0.3) is 5.91 Å². The normalized spacial score (nSPS) is 10.7. The number of amides is 1. The van der Waals surface area contributed by atoms with Gasteiger partial charge in [-0.1, -0.05) is 17.7 Å². The maximum Gasteiger partial charge on any atom is 0.257 e.